The van der Waals surface area contributed by atoms with Crippen molar-refractivity contribution < 1.29 is 19.0 Å². The zero-order chi connectivity index (χ0) is 24.5. The highest BCUT2D eigenvalue weighted by Gasteiger charge is 2.24. The highest BCUT2D eigenvalue weighted by Crippen LogP contribution is 2.31. The number of anilines is 1. The first-order chi connectivity index (χ1) is 17.0. The molecular formula is C24H24N4O6S. The molecule has 0 radical (unpaired) electrons. The molecule has 4 heterocycles. The third-order valence-electron chi connectivity index (χ3n) is 5.99. The van der Waals surface area contributed by atoms with Crippen molar-refractivity contribution in [1.82, 2.24) is 14.1 Å². The van der Waals surface area contributed by atoms with Gasteiger partial charge in [-0.1, -0.05) is 0 Å². The maximum Gasteiger partial charge on any atom is 0.332 e. The van der Waals surface area contributed by atoms with Crippen LogP contribution in [0.3, 0.4) is 0 Å². The third-order valence-corrected chi connectivity index (χ3v) is 7.08. The van der Waals surface area contributed by atoms with Crippen LogP contribution in [0.15, 0.2) is 46.1 Å². The summed E-state index contributed by atoms with van der Waals surface area (Å²) in [6.07, 6.45) is 3.09. The molecule has 1 N–H and O–H groups in total. The van der Waals surface area contributed by atoms with Crippen LogP contribution in [0.25, 0.3) is 20.4 Å². The third kappa shape index (κ3) is 4.28. The van der Waals surface area contributed by atoms with E-state index in [1.165, 1.54) is 34.7 Å². The van der Waals surface area contributed by atoms with Gasteiger partial charge in [-0.2, -0.15) is 0 Å². The van der Waals surface area contributed by atoms with Crippen molar-refractivity contribution in [2.75, 3.05) is 26.1 Å². The van der Waals surface area contributed by atoms with Crippen LogP contribution in [0.4, 0.5) is 5.69 Å². The van der Waals surface area contributed by atoms with E-state index in [0.29, 0.717) is 44.2 Å². The second-order valence-electron chi connectivity index (χ2n) is 8.17. The van der Waals surface area contributed by atoms with Crippen LogP contribution in [0.5, 0.6) is 11.5 Å². The Balaban J connectivity index is 1.57. The largest absolute Gasteiger partial charge is 0.493 e. The van der Waals surface area contributed by atoms with Crippen molar-refractivity contribution >= 4 is 43.4 Å². The van der Waals surface area contributed by atoms with Crippen LogP contribution in [0.2, 0.25) is 0 Å². The van der Waals surface area contributed by atoms with E-state index in [9.17, 15) is 14.4 Å². The first-order valence-corrected chi connectivity index (χ1v) is 12.0. The van der Waals surface area contributed by atoms with Gasteiger partial charge in [0.05, 0.1) is 32.4 Å². The molecule has 0 aliphatic carbocycles. The van der Waals surface area contributed by atoms with E-state index >= 15 is 0 Å². The topological polar surface area (TPSA) is 114 Å². The van der Waals surface area contributed by atoms with Crippen LogP contribution >= 0.6 is 11.3 Å². The molecule has 3 aromatic heterocycles. The van der Waals surface area contributed by atoms with Crippen LogP contribution < -0.4 is 26.0 Å². The van der Waals surface area contributed by atoms with Crippen molar-refractivity contribution in [1.29, 1.82) is 0 Å². The summed E-state index contributed by atoms with van der Waals surface area (Å²) < 4.78 is 19.1. The summed E-state index contributed by atoms with van der Waals surface area (Å²) in [6, 6.07) is 8.54. The Morgan fingerprint density at radius 3 is 2.77 bits per heavy atom. The smallest absolute Gasteiger partial charge is 0.332 e. The minimum Gasteiger partial charge on any atom is -0.493 e. The predicted octanol–water partition coefficient (Wildman–Crippen LogP) is 2.61. The number of hydrogen-bond donors (Lipinski definition) is 1. The number of methoxy groups -OCH3 is 2. The fourth-order valence-electron chi connectivity index (χ4n) is 4.34. The molecule has 5 rings (SSSR count). The van der Waals surface area contributed by atoms with E-state index in [2.05, 4.69) is 10.3 Å². The molecule has 4 aromatic rings. The Morgan fingerprint density at radius 2 is 2.03 bits per heavy atom. The number of pyridine rings is 1. The number of thiophene rings is 1. The summed E-state index contributed by atoms with van der Waals surface area (Å²) in [4.78, 5) is 44.9. The van der Waals surface area contributed by atoms with Crippen LogP contribution in [0, 0.1) is 0 Å². The van der Waals surface area contributed by atoms with Gasteiger partial charge in [0.15, 0.2) is 11.5 Å². The number of carbonyl (C=O) groups excluding carboxylic acids is 1. The number of benzene rings is 1. The monoisotopic (exact) mass is 496 g/mol. The van der Waals surface area contributed by atoms with Crippen LogP contribution in [-0.2, 0) is 22.6 Å². The lowest BCUT2D eigenvalue weighted by atomic mass is 10.2. The standard InChI is InChI=1S/C24H24N4O6S/c1-32-17-8-7-14(11-18(17)33-2)26-19(29)13-27-20-16-6-3-9-25-22(16)35-21(20)23(30)28(24(27)31)12-15-5-4-10-34-15/h3,6-9,11,15H,4-5,10,12-13H2,1-2H3,(H,26,29)/t15-/m0/s1. The second kappa shape index (κ2) is 9.51. The van der Waals surface area contributed by atoms with Gasteiger partial charge in [0.25, 0.3) is 5.56 Å². The van der Waals surface area contributed by atoms with E-state index in [-0.39, 0.29) is 24.8 Å². The lowest BCUT2D eigenvalue weighted by Crippen LogP contribution is -2.43. The normalized spacial score (nSPS) is 15.5. The van der Waals surface area contributed by atoms with Gasteiger partial charge in [0.1, 0.15) is 16.1 Å². The summed E-state index contributed by atoms with van der Waals surface area (Å²) in [7, 11) is 3.03. The molecule has 1 fully saturated rings. The first-order valence-electron chi connectivity index (χ1n) is 11.1. The van der Waals surface area contributed by atoms with Crippen LogP contribution in [0.1, 0.15) is 12.8 Å². The number of ether oxygens (including phenoxy) is 3. The highest BCUT2D eigenvalue weighted by atomic mass is 32.1. The van der Waals surface area contributed by atoms with Gasteiger partial charge in [-0.05, 0) is 37.1 Å². The first kappa shape index (κ1) is 23.1. The zero-order valence-electron chi connectivity index (χ0n) is 19.3. The lowest BCUT2D eigenvalue weighted by molar-refractivity contribution is -0.116. The predicted molar refractivity (Wildman–Crippen MR) is 133 cm³/mol. The molecule has 0 bridgehead atoms. The summed E-state index contributed by atoms with van der Waals surface area (Å²) >= 11 is 1.22. The van der Waals surface area contributed by atoms with E-state index in [1.54, 1.807) is 36.5 Å². The van der Waals surface area contributed by atoms with Gasteiger partial charge >= 0.3 is 5.69 Å². The molecule has 35 heavy (non-hydrogen) atoms. The Bertz CT molecular complexity index is 1530. The van der Waals surface area contributed by atoms with Gasteiger partial charge in [0.2, 0.25) is 5.91 Å². The minimum atomic E-state index is -0.552. The summed E-state index contributed by atoms with van der Waals surface area (Å²) in [5, 5.41) is 3.45. The molecule has 10 nitrogen and oxygen atoms in total. The van der Waals surface area contributed by atoms with E-state index < -0.39 is 11.6 Å². The van der Waals surface area contributed by atoms with E-state index in [4.69, 9.17) is 14.2 Å². The fraction of sp³-hybridized carbons (Fsp3) is 0.333. The number of fused-ring (bicyclic) bond motifs is 3. The molecule has 1 aromatic carbocycles. The van der Waals surface area contributed by atoms with Gasteiger partial charge in [-0.25, -0.2) is 9.78 Å². The van der Waals surface area contributed by atoms with Gasteiger partial charge in [-0.15, -0.1) is 11.3 Å². The van der Waals surface area contributed by atoms with Gasteiger partial charge in [-0.3, -0.25) is 18.7 Å². The number of hydrogen-bond acceptors (Lipinski definition) is 8. The molecule has 1 amide bonds. The number of amides is 1. The van der Waals surface area contributed by atoms with E-state index in [1.807, 2.05) is 0 Å². The van der Waals surface area contributed by atoms with Gasteiger partial charge in [0, 0.05) is 29.9 Å². The maximum atomic E-state index is 13.5. The molecule has 182 valence electrons. The van der Waals surface area contributed by atoms with Crippen molar-refractivity contribution in [3.8, 4) is 11.5 Å². The lowest BCUT2D eigenvalue weighted by Gasteiger charge is -2.15. The molecule has 11 heteroatoms. The molecular weight excluding hydrogens is 472 g/mol. The second-order valence-corrected chi connectivity index (χ2v) is 9.17. The Morgan fingerprint density at radius 1 is 1.20 bits per heavy atom. The Hall–Kier alpha value is -3.70. The summed E-state index contributed by atoms with van der Waals surface area (Å²) in [6.45, 7) is 0.471. The van der Waals surface area contributed by atoms with Crippen LogP contribution in [-0.4, -0.2) is 47.0 Å². The fourth-order valence-corrected chi connectivity index (χ4v) is 5.44. The SMILES string of the molecule is COc1ccc(NC(=O)Cn2c(=O)n(C[C@@H]3CCCO3)c(=O)c3sc4ncccc4c32)cc1OC. The number of carbonyl (C=O) groups is 1. The highest BCUT2D eigenvalue weighted by molar-refractivity contribution is 7.25. The van der Waals surface area contributed by atoms with Crippen molar-refractivity contribution in [2.24, 2.45) is 0 Å². The number of nitrogens with one attached hydrogen (secondary N) is 1. The maximum absolute atomic E-state index is 13.5. The zero-order valence-corrected chi connectivity index (χ0v) is 20.1. The molecule has 0 saturated carbocycles. The van der Waals surface area contributed by atoms with Gasteiger partial charge < -0.3 is 19.5 Å². The molecule has 1 aliphatic rings. The van der Waals surface area contributed by atoms with Crippen molar-refractivity contribution in [3.05, 3.63) is 57.4 Å². The molecule has 0 unspecified atom stereocenters. The number of aromatic nitrogens is 3. The number of nitrogens with zero attached hydrogens (tertiary/aromatic N) is 3. The van der Waals surface area contributed by atoms with Crippen molar-refractivity contribution in [3.63, 3.8) is 0 Å². The number of rotatable bonds is 7. The Labute approximate surface area is 203 Å². The molecule has 1 saturated heterocycles. The Kier molecular flexibility index (Phi) is 6.27. The summed E-state index contributed by atoms with van der Waals surface area (Å²) in [5.41, 5.74) is -0.0373. The minimum absolute atomic E-state index is 0.145. The molecule has 1 atom stereocenters. The van der Waals surface area contributed by atoms with Crippen molar-refractivity contribution in [2.45, 2.75) is 32.0 Å². The quantitative estimate of drug-likeness (QED) is 0.418. The molecule has 1 aliphatic heterocycles. The summed E-state index contributed by atoms with van der Waals surface area (Å²) in [5.74, 6) is 0.568. The average molecular weight is 497 g/mol. The van der Waals surface area contributed by atoms with E-state index in [0.717, 1.165) is 12.8 Å². The molecule has 0 spiro atoms. The average Bonchev–Trinajstić information content (AvgIpc) is 3.52.